The van der Waals surface area contributed by atoms with Crippen LogP contribution in [0.4, 0.5) is 0 Å². The SMILES string of the molecule is COC(=O)CCNCCCN(C)CCCN(CCC(=O)OC)CCC(=O)OC. The second-order valence-corrected chi connectivity index (χ2v) is 6.58. The molecule has 0 fully saturated rings. The fourth-order valence-electron chi connectivity index (χ4n) is 2.61. The average molecular weight is 404 g/mol. The summed E-state index contributed by atoms with van der Waals surface area (Å²) < 4.78 is 14.0. The van der Waals surface area contributed by atoms with Crippen LogP contribution in [-0.4, -0.2) is 102 Å². The molecular weight excluding hydrogens is 366 g/mol. The molecule has 9 nitrogen and oxygen atoms in total. The van der Waals surface area contributed by atoms with E-state index in [1.807, 2.05) is 0 Å². The van der Waals surface area contributed by atoms with Gasteiger partial charge in [-0.15, -0.1) is 0 Å². The lowest BCUT2D eigenvalue weighted by molar-refractivity contribution is -0.142. The zero-order chi connectivity index (χ0) is 21.2. The van der Waals surface area contributed by atoms with Crippen molar-refractivity contribution in [3.8, 4) is 0 Å². The van der Waals surface area contributed by atoms with Gasteiger partial charge in [0.2, 0.25) is 0 Å². The van der Waals surface area contributed by atoms with Crippen LogP contribution in [0.2, 0.25) is 0 Å². The number of carbonyl (C=O) groups is 3. The second-order valence-electron chi connectivity index (χ2n) is 6.58. The Morgan fingerprint density at radius 1 is 0.679 bits per heavy atom. The van der Waals surface area contributed by atoms with E-state index in [0.29, 0.717) is 38.9 Å². The molecule has 0 saturated carbocycles. The van der Waals surface area contributed by atoms with Crippen molar-refractivity contribution in [2.75, 3.05) is 74.2 Å². The van der Waals surface area contributed by atoms with E-state index in [4.69, 9.17) is 0 Å². The summed E-state index contributed by atoms with van der Waals surface area (Å²) in [5.41, 5.74) is 0. The van der Waals surface area contributed by atoms with Gasteiger partial charge in [0.15, 0.2) is 0 Å². The smallest absolute Gasteiger partial charge is 0.306 e. The first-order valence-electron chi connectivity index (χ1n) is 9.75. The first-order chi connectivity index (χ1) is 13.4. The minimum absolute atomic E-state index is 0.200. The molecule has 0 aromatic carbocycles. The van der Waals surface area contributed by atoms with Gasteiger partial charge in [0, 0.05) is 19.6 Å². The maximum atomic E-state index is 11.4. The van der Waals surface area contributed by atoms with Crippen molar-refractivity contribution in [2.24, 2.45) is 0 Å². The quantitative estimate of drug-likeness (QED) is 0.209. The number of rotatable bonds is 17. The van der Waals surface area contributed by atoms with Crippen LogP contribution in [0, 0.1) is 0 Å². The van der Waals surface area contributed by atoms with E-state index < -0.39 is 0 Å². The van der Waals surface area contributed by atoms with E-state index in [9.17, 15) is 14.4 Å². The minimum Gasteiger partial charge on any atom is -0.469 e. The summed E-state index contributed by atoms with van der Waals surface area (Å²) in [4.78, 5) is 38.1. The Kier molecular flexibility index (Phi) is 16.3. The van der Waals surface area contributed by atoms with E-state index >= 15 is 0 Å². The lowest BCUT2D eigenvalue weighted by Crippen LogP contribution is -2.33. The summed E-state index contributed by atoms with van der Waals surface area (Å²) in [5.74, 6) is -0.701. The summed E-state index contributed by atoms with van der Waals surface area (Å²) in [6.45, 7) is 5.30. The summed E-state index contributed by atoms with van der Waals surface area (Å²) in [7, 11) is 6.21. The second kappa shape index (κ2) is 17.4. The van der Waals surface area contributed by atoms with Crippen molar-refractivity contribution in [3.05, 3.63) is 0 Å². The van der Waals surface area contributed by atoms with Crippen molar-refractivity contribution < 1.29 is 28.6 Å². The highest BCUT2D eigenvalue weighted by molar-refractivity contribution is 5.70. The zero-order valence-corrected chi connectivity index (χ0v) is 17.8. The van der Waals surface area contributed by atoms with E-state index in [2.05, 4.69) is 36.4 Å². The maximum Gasteiger partial charge on any atom is 0.306 e. The van der Waals surface area contributed by atoms with Crippen LogP contribution in [0.5, 0.6) is 0 Å². The minimum atomic E-state index is -0.250. The number of hydrogen-bond acceptors (Lipinski definition) is 9. The van der Waals surface area contributed by atoms with Crippen molar-refractivity contribution in [1.29, 1.82) is 0 Å². The molecule has 0 unspecified atom stereocenters. The monoisotopic (exact) mass is 403 g/mol. The Morgan fingerprint density at radius 3 is 1.71 bits per heavy atom. The fraction of sp³-hybridized carbons (Fsp3) is 0.842. The molecular formula is C19H37N3O6. The van der Waals surface area contributed by atoms with Gasteiger partial charge in [-0.1, -0.05) is 0 Å². The number of methoxy groups -OCH3 is 3. The van der Waals surface area contributed by atoms with Crippen molar-refractivity contribution >= 4 is 17.9 Å². The Labute approximate surface area is 168 Å². The number of hydrogen-bond donors (Lipinski definition) is 1. The van der Waals surface area contributed by atoms with Gasteiger partial charge in [-0.05, 0) is 46.1 Å². The molecule has 0 aromatic rings. The van der Waals surface area contributed by atoms with Crippen LogP contribution in [0.1, 0.15) is 32.1 Å². The number of esters is 3. The van der Waals surface area contributed by atoms with Crippen LogP contribution in [-0.2, 0) is 28.6 Å². The topological polar surface area (TPSA) is 97.4 Å². The third-order valence-electron chi connectivity index (χ3n) is 4.36. The summed E-state index contributed by atoms with van der Waals surface area (Å²) in [6, 6.07) is 0. The molecule has 28 heavy (non-hydrogen) atoms. The molecule has 0 spiro atoms. The van der Waals surface area contributed by atoms with E-state index in [-0.39, 0.29) is 17.9 Å². The third-order valence-corrected chi connectivity index (χ3v) is 4.36. The van der Waals surface area contributed by atoms with Gasteiger partial charge in [0.1, 0.15) is 0 Å². The number of ether oxygens (including phenoxy) is 3. The van der Waals surface area contributed by atoms with E-state index in [0.717, 1.165) is 39.0 Å². The van der Waals surface area contributed by atoms with Gasteiger partial charge < -0.3 is 29.3 Å². The van der Waals surface area contributed by atoms with Gasteiger partial charge in [-0.25, -0.2) is 0 Å². The molecule has 1 N–H and O–H groups in total. The zero-order valence-electron chi connectivity index (χ0n) is 17.8. The molecule has 0 aliphatic rings. The normalized spacial score (nSPS) is 10.9. The molecule has 0 rings (SSSR count). The van der Waals surface area contributed by atoms with Gasteiger partial charge in [0.05, 0.1) is 40.6 Å². The molecule has 9 heteroatoms. The van der Waals surface area contributed by atoms with Crippen LogP contribution in [0.25, 0.3) is 0 Å². The first kappa shape index (κ1) is 26.3. The Morgan fingerprint density at radius 2 is 1.18 bits per heavy atom. The van der Waals surface area contributed by atoms with Gasteiger partial charge in [0.25, 0.3) is 0 Å². The highest BCUT2D eigenvalue weighted by Crippen LogP contribution is 2.00. The van der Waals surface area contributed by atoms with Crippen LogP contribution < -0.4 is 5.32 Å². The molecule has 0 radical (unpaired) electrons. The average Bonchev–Trinajstić information content (AvgIpc) is 2.70. The van der Waals surface area contributed by atoms with Crippen LogP contribution >= 0.6 is 0 Å². The van der Waals surface area contributed by atoms with Crippen LogP contribution in [0.3, 0.4) is 0 Å². The fourth-order valence-corrected chi connectivity index (χ4v) is 2.61. The van der Waals surface area contributed by atoms with Gasteiger partial charge >= 0.3 is 17.9 Å². The molecule has 0 amide bonds. The largest absolute Gasteiger partial charge is 0.469 e. The Balaban J connectivity index is 3.96. The summed E-state index contributed by atoms with van der Waals surface area (Å²) >= 11 is 0. The van der Waals surface area contributed by atoms with E-state index in [1.165, 1.54) is 21.3 Å². The van der Waals surface area contributed by atoms with Crippen molar-refractivity contribution in [1.82, 2.24) is 15.1 Å². The van der Waals surface area contributed by atoms with Gasteiger partial charge in [-0.3, -0.25) is 14.4 Å². The molecule has 0 atom stereocenters. The van der Waals surface area contributed by atoms with Crippen molar-refractivity contribution in [3.63, 3.8) is 0 Å². The predicted octanol–water partition coefficient (Wildman–Crippen LogP) is 0.279. The molecule has 0 aliphatic carbocycles. The maximum absolute atomic E-state index is 11.4. The number of carbonyl (C=O) groups excluding carboxylic acids is 3. The first-order valence-corrected chi connectivity index (χ1v) is 9.75. The lowest BCUT2D eigenvalue weighted by atomic mass is 10.2. The van der Waals surface area contributed by atoms with Crippen LogP contribution in [0.15, 0.2) is 0 Å². The van der Waals surface area contributed by atoms with E-state index in [1.54, 1.807) is 0 Å². The lowest BCUT2D eigenvalue weighted by Gasteiger charge is -2.23. The number of nitrogens with zero attached hydrogens (tertiary/aromatic N) is 2. The molecule has 0 heterocycles. The standard InChI is InChI=1S/C19H37N3O6/c1-21(12-5-10-20-11-7-17(23)26-2)13-6-14-22(15-8-18(24)27-3)16-9-19(25)28-4/h20H,5-16H2,1-4H3. The summed E-state index contributed by atoms with van der Waals surface area (Å²) in [5, 5.41) is 3.22. The third kappa shape index (κ3) is 15.4. The Hall–Kier alpha value is -1.71. The summed E-state index contributed by atoms with van der Waals surface area (Å²) in [6.07, 6.45) is 2.94. The highest BCUT2D eigenvalue weighted by atomic mass is 16.5. The highest BCUT2D eigenvalue weighted by Gasteiger charge is 2.11. The predicted molar refractivity (Wildman–Crippen MR) is 106 cm³/mol. The molecule has 0 aromatic heterocycles. The number of nitrogens with one attached hydrogen (secondary N) is 1. The van der Waals surface area contributed by atoms with Crippen molar-refractivity contribution in [2.45, 2.75) is 32.1 Å². The molecule has 0 bridgehead atoms. The van der Waals surface area contributed by atoms with Gasteiger partial charge in [-0.2, -0.15) is 0 Å². The Bertz CT molecular complexity index is 427. The molecule has 0 saturated heterocycles. The molecule has 0 aliphatic heterocycles. The molecule has 164 valence electrons.